The smallest absolute Gasteiger partial charge is 0.319 e. The first-order valence-electron chi connectivity index (χ1n) is 7.50. The maximum absolute atomic E-state index is 14.0. The fourth-order valence-corrected chi connectivity index (χ4v) is 4.00. The van der Waals surface area contributed by atoms with Crippen molar-refractivity contribution in [2.24, 2.45) is 0 Å². The number of benzene rings is 2. The Morgan fingerprint density at radius 2 is 2.12 bits per heavy atom. The second kappa shape index (κ2) is 6.47. The van der Waals surface area contributed by atoms with Gasteiger partial charge in [-0.25, -0.2) is 4.39 Å². The van der Waals surface area contributed by atoms with Gasteiger partial charge >= 0.3 is 5.97 Å². The van der Waals surface area contributed by atoms with Crippen molar-refractivity contribution in [3.63, 3.8) is 0 Å². The number of esters is 1. The Morgan fingerprint density at radius 3 is 2.75 bits per heavy atom. The number of rotatable bonds is 3. The topological polar surface area (TPSA) is 46.5 Å². The zero-order valence-electron chi connectivity index (χ0n) is 12.9. The Hall–Kier alpha value is -1.43. The SMILES string of the molecule is CCOC(=O)C1(c2ccccc2)Cc2c(cc(F)c(Cl)c2Br)C1O. The molecule has 126 valence electrons. The Bertz CT molecular complexity index is 797. The molecule has 0 saturated heterocycles. The molecule has 0 heterocycles. The average molecular weight is 414 g/mol. The molecule has 2 unspecified atom stereocenters. The molecule has 2 atom stereocenters. The van der Waals surface area contributed by atoms with Gasteiger partial charge in [0, 0.05) is 4.47 Å². The lowest BCUT2D eigenvalue weighted by atomic mass is 9.76. The van der Waals surface area contributed by atoms with Gasteiger partial charge in [0.05, 0.1) is 17.7 Å². The molecule has 3 nitrogen and oxygen atoms in total. The van der Waals surface area contributed by atoms with E-state index in [4.69, 9.17) is 16.3 Å². The number of carbonyl (C=O) groups is 1. The molecule has 0 spiro atoms. The van der Waals surface area contributed by atoms with Crippen LogP contribution in [0.4, 0.5) is 4.39 Å². The van der Waals surface area contributed by atoms with Gasteiger partial charge in [-0.15, -0.1) is 0 Å². The van der Waals surface area contributed by atoms with Crippen molar-refractivity contribution in [2.75, 3.05) is 6.61 Å². The summed E-state index contributed by atoms with van der Waals surface area (Å²) >= 11 is 9.26. The molecule has 0 bridgehead atoms. The van der Waals surface area contributed by atoms with Crippen molar-refractivity contribution in [1.29, 1.82) is 0 Å². The predicted molar refractivity (Wildman–Crippen MR) is 92.5 cm³/mol. The maximum atomic E-state index is 14.0. The highest BCUT2D eigenvalue weighted by Crippen LogP contribution is 2.52. The molecule has 0 fully saturated rings. The van der Waals surface area contributed by atoms with E-state index in [1.807, 2.05) is 6.07 Å². The van der Waals surface area contributed by atoms with Crippen LogP contribution in [-0.4, -0.2) is 17.7 Å². The average Bonchev–Trinajstić information content (AvgIpc) is 2.88. The fourth-order valence-electron chi connectivity index (χ4n) is 3.27. The third kappa shape index (κ3) is 2.46. The highest BCUT2D eigenvalue weighted by Gasteiger charge is 2.54. The van der Waals surface area contributed by atoms with Crippen LogP contribution in [0.1, 0.15) is 29.7 Å². The monoisotopic (exact) mass is 412 g/mol. The van der Waals surface area contributed by atoms with Crippen LogP contribution in [0, 0.1) is 5.82 Å². The van der Waals surface area contributed by atoms with Gasteiger partial charge in [-0.05, 0) is 52.0 Å². The molecule has 0 aliphatic heterocycles. The van der Waals surface area contributed by atoms with Crippen LogP contribution in [0.5, 0.6) is 0 Å². The van der Waals surface area contributed by atoms with E-state index in [2.05, 4.69) is 15.9 Å². The molecular weight excluding hydrogens is 399 g/mol. The third-order valence-electron chi connectivity index (χ3n) is 4.44. The molecule has 2 aromatic carbocycles. The molecule has 2 aromatic rings. The molecule has 1 aliphatic rings. The zero-order valence-corrected chi connectivity index (χ0v) is 15.2. The van der Waals surface area contributed by atoms with Crippen molar-refractivity contribution in [3.05, 3.63) is 68.4 Å². The second-order valence-corrected chi connectivity index (χ2v) is 6.86. The van der Waals surface area contributed by atoms with E-state index in [1.54, 1.807) is 31.2 Å². The lowest BCUT2D eigenvalue weighted by Gasteiger charge is -2.31. The molecule has 3 rings (SSSR count). The fraction of sp³-hybridized carbons (Fsp3) is 0.278. The molecule has 0 amide bonds. The summed E-state index contributed by atoms with van der Waals surface area (Å²) in [6.07, 6.45) is -1.05. The van der Waals surface area contributed by atoms with Crippen LogP contribution in [0.15, 0.2) is 40.9 Å². The van der Waals surface area contributed by atoms with Crippen LogP contribution in [-0.2, 0) is 21.4 Å². The van der Waals surface area contributed by atoms with Crippen LogP contribution in [0.25, 0.3) is 0 Å². The van der Waals surface area contributed by atoms with E-state index in [-0.39, 0.29) is 18.1 Å². The van der Waals surface area contributed by atoms with E-state index >= 15 is 0 Å². The standard InChI is InChI=1S/C18H15BrClFO3/c1-2-24-17(23)18(10-6-4-3-5-7-10)9-12-11(16(18)22)8-13(21)15(20)14(12)19/h3-8,16,22H,2,9H2,1H3. The number of ether oxygens (including phenoxy) is 1. The summed E-state index contributed by atoms with van der Waals surface area (Å²) in [5, 5.41) is 10.9. The maximum Gasteiger partial charge on any atom is 0.319 e. The number of carbonyl (C=O) groups excluding carboxylic acids is 1. The van der Waals surface area contributed by atoms with Crippen LogP contribution >= 0.6 is 27.5 Å². The minimum atomic E-state index is -1.32. The highest BCUT2D eigenvalue weighted by atomic mass is 79.9. The van der Waals surface area contributed by atoms with Gasteiger partial charge in [0.2, 0.25) is 0 Å². The van der Waals surface area contributed by atoms with E-state index in [0.29, 0.717) is 21.2 Å². The number of aliphatic hydroxyl groups is 1. The highest BCUT2D eigenvalue weighted by molar-refractivity contribution is 9.10. The lowest BCUT2D eigenvalue weighted by Crippen LogP contribution is -2.41. The number of hydrogen-bond donors (Lipinski definition) is 1. The molecule has 1 N–H and O–H groups in total. The molecule has 6 heteroatoms. The minimum Gasteiger partial charge on any atom is -0.465 e. The summed E-state index contributed by atoms with van der Waals surface area (Å²) in [6, 6.07) is 10.1. The molecule has 24 heavy (non-hydrogen) atoms. The van der Waals surface area contributed by atoms with Crippen molar-refractivity contribution >= 4 is 33.5 Å². The van der Waals surface area contributed by atoms with Crippen LogP contribution in [0.2, 0.25) is 5.02 Å². The number of halogens is 3. The number of aliphatic hydroxyl groups excluding tert-OH is 1. The number of fused-ring (bicyclic) bond motifs is 1. The quantitative estimate of drug-likeness (QED) is 0.602. The largest absolute Gasteiger partial charge is 0.465 e. The van der Waals surface area contributed by atoms with Crippen molar-refractivity contribution in [2.45, 2.75) is 24.9 Å². The van der Waals surface area contributed by atoms with Crippen molar-refractivity contribution in [1.82, 2.24) is 0 Å². The van der Waals surface area contributed by atoms with E-state index < -0.39 is 23.3 Å². The Kier molecular flexibility index (Phi) is 4.69. The third-order valence-corrected chi connectivity index (χ3v) is 5.92. The van der Waals surface area contributed by atoms with Gasteiger partial charge in [0.1, 0.15) is 11.2 Å². The summed E-state index contributed by atoms with van der Waals surface area (Å²) in [5.74, 6) is -1.18. The first-order chi connectivity index (χ1) is 11.4. The van der Waals surface area contributed by atoms with Crippen LogP contribution in [0.3, 0.4) is 0 Å². The molecule has 0 saturated carbocycles. The molecule has 0 aromatic heterocycles. The first kappa shape index (κ1) is 17.4. The lowest BCUT2D eigenvalue weighted by molar-refractivity contribution is -0.154. The van der Waals surface area contributed by atoms with E-state index in [9.17, 15) is 14.3 Å². The Labute approximate surface area is 152 Å². The second-order valence-electron chi connectivity index (χ2n) is 5.69. The predicted octanol–water partition coefficient (Wildman–Crippen LogP) is 4.33. The minimum absolute atomic E-state index is 0.0614. The Balaban J connectivity index is 2.22. The molecular formula is C18H15BrClFO3. The zero-order chi connectivity index (χ0) is 17.5. The van der Waals surface area contributed by atoms with E-state index in [1.165, 1.54) is 6.07 Å². The summed E-state index contributed by atoms with van der Waals surface area (Å²) < 4.78 is 19.6. The molecule has 0 radical (unpaired) electrons. The van der Waals surface area contributed by atoms with Crippen LogP contribution < -0.4 is 0 Å². The van der Waals surface area contributed by atoms with Gasteiger partial charge < -0.3 is 9.84 Å². The summed E-state index contributed by atoms with van der Waals surface area (Å²) in [7, 11) is 0. The summed E-state index contributed by atoms with van der Waals surface area (Å²) in [4.78, 5) is 12.8. The van der Waals surface area contributed by atoms with Gasteiger partial charge in [0.15, 0.2) is 0 Å². The van der Waals surface area contributed by atoms with Gasteiger partial charge in [0.25, 0.3) is 0 Å². The van der Waals surface area contributed by atoms with Crippen molar-refractivity contribution in [3.8, 4) is 0 Å². The number of hydrogen-bond acceptors (Lipinski definition) is 3. The first-order valence-corrected chi connectivity index (χ1v) is 8.67. The van der Waals surface area contributed by atoms with Gasteiger partial charge in [-0.1, -0.05) is 41.9 Å². The van der Waals surface area contributed by atoms with Crippen molar-refractivity contribution < 1.29 is 19.0 Å². The Morgan fingerprint density at radius 1 is 1.46 bits per heavy atom. The summed E-state index contributed by atoms with van der Waals surface area (Å²) in [5.41, 5.74) is 0.265. The van der Waals surface area contributed by atoms with Gasteiger partial charge in [-0.3, -0.25) is 4.79 Å². The summed E-state index contributed by atoms with van der Waals surface area (Å²) in [6.45, 7) is 1.89. The van der Waals surface area contributed by atoms with Gasteiger partial charge in [-0.2, -0.15) is 0 Å². The van der Waals surface area contributed by atoms with E-state index in [0.717, 1.165) is 0 Å². The molecule has 1 aliphatic carbocycles. The normalized spacial score (nSPS) is 22.3.